The van der Waals surface area contributed by atoms with Gasteiger partial charge in [0, 0.05) is 12.8 Å². The van der Waals surface area contributed by atoms with E-state index in [1.165, 1.54) is 0 Å². The van der Waals surface area contributed by atoms with E-state index in [1.54, 1.807) is 0 Å². The summed E-state index contributed by atoms with van der Waals surface area (Å²) in [5.41, 5.74) is 2.17. The van der Waals surface area contributed by atoms with Crippen molar-refractivity contribution in [1.82, 2.24) is 10.7 Å². The fourth-order valence-electron chi connectivity index (χ4n) is 0.755. The Hall–Kier alpha value is -1.21. The van der Waals surface area contributed by atoms with Gasteiger partial charge in [-0.05, 0) is 18.6 Å². The van der Waals surface area contributed by atoms with Gasteiger partial charge in [-0.25, -0.2) is 5.84 Å². The van der Waals surface area contributed by atoms with Crippen molar-refractivity contribution in [1.29, 1.82) is 0 Å². The molecule has 0 aliphatic rings. The summed E-state index contributed by atoms with van der Waals surface area (Å²) < 4.78 is 0. The van der Waals surface area contributed by atoms with Crippen molar-refractivity contribution in [3.05, 3.63) is 0 Å². The fraction of sp³-hybridized carbons (Fsp3) is 0.571. The molecule has 14 heavy (non-hydrogen) atoms. The van der Waals surface area contributed by atoms with E-state index in [1.807, 2.05) is 0 Å². The molecule has 0 spiro atoms. The molecule has 0 amide bonds. The number of Topliss-reactive ketones (excluding diaryl/α,β-unsaturated/α-hetero) is 1. The molecule has 7 heteroatoms. The Bertz CT molecular complexity index is 232. The van der Waals surface area contributed by atoms with Gasteiger partial charge < -0.3 is 15.8 Å². The van der Waals surface area contributed by atoms with Crippen molar-refractivity contribution in [2.45, 2.75) is 19.3 Å². The largest absolute Gasteiger partial charge is 0.481 e. The van der Waals surface area contributed by atoms with Crippen LogP contribution in [0.15, 0.2) is 0 Å². The molecule has 5 N–H and O–H groups in total. The van der Waals surface area contributed by atoms with Gasteiger partial charge in [-0.2, -0.15) is 0 Å². The highest BCUT2D eigenvalue weighted by atomic mass is 32.1. The summed E-state index contributed by atoms with van der Waals surface area (Å²) >= 11 is 4.63. The predicted molar refractivity (Wildman–Crippen MR) is 54.4 cm³/mol. The van der Waals surface area contributed by atoms with Crippen molar-refractivity contribution in [3.63, 3.8) is 0 Å². The lowest BCUT2D eigenvalue weighted by molar-refractivity contribution is -0.137. The topological polar surface area (TPSA) is 104 Å². The minimum Gasteiger partial charge on any atom is -0.481 e. The maximum absolute atomic E-state index is 11.1. The molecule has 0 rings (SSSR count). The van der Waals surface area contributed by atoms with E-state index in [-0.39, 0.29) is 30.3 Å². The molecule has 0 unspecified atom stereocenters. The Morgan fingerprint density at radius 3 is 2.50 bits per heavy atom. The average Bonchev–Trinajstić information content (AvgIpc) is 2.13. The molecule has 0 heterocycles. The number of hydrazine groups is 1. The monoisotopic (exact) mass is 219 g/mol. The normalized spacial score (nSPS) is 9.21. The highest BCUT2D eigenvalue weighted by Gasteiger charge is 2.04. The zero-order valence-corrected chi connectivity index (χ0v) is 8.39. The van der Waals surface area contributed by atoms with Crippen LogP contribution in [-0.4, -0.2) is 28.5 Å². The van der Waals surface area contributed by atoms with E-state index in [0.29, 0.717) is 6.42 Å². The molecule has 0 bridgehead atoms. The van der Waals surface area contributed by atoms with E-state index in [2.05, 4.69) is 23.0 Å². The Balaban J connectivity index is 3.46. The van der Waals surface area contributed by atoms with Crippen LogP contribution < -0.4 is 16.6 Å². The van der Waals surface area contributed by atoms with Crippen LogP contribution in [0.4, 0.5) is 0 Å². The van der Waals surface area contributed by atoms with Gasteiger partial charge in [0.05, 0.1) is 6.54 Å². The Morgan fingerprint density at radius 1 is 1.36 bits per heavy atom. The van der Waals surface area contributed by atoms with Crippen LogP contribution in [-0.2, 0) is 9.59 Å². The van der Waals surface area contributed by atoms with Crippen LogP contribution in [0, 0.1) is 0 Å². The fourth-order valence-corrected chi connectivity index (χ4v) is 0.827. The number of nitrogens with one attached hydrogen (secondary N) is 2. The zero-order chi connectivity index (χ0) is 11.0. The summed E-state index contributed by atoms with van der Waals surface area (Å²) in [6.07, 6.45) is 0.580. The number of hydrogen-bond donors (Lipinski definition) is 4. The molecule has 0 aromatic rings. The lowest BCUT2D eigenvalue weighted by Crippen LogP contribution is -2.41. The number of aliphatic carboxylic acids is 1. The van der Waals surface area contributed by atoms with Crippen LogP contribution in [0.1, 0.15) is 19.3 Å². The van der Waals surface area contributed by atoms with Crippen molar-refractivity contribution < 1.29 is 14.7 Å². The summed E-state index contributed by atoms with van der Waals surface area (Å²) in [4.78, 5) is 21.2. The molecule has 0 aliphatic carbocycles. The number of carbonyl (C=O) groups is 2. The third-order valence-electron chi connectivity index (χ3n) is 1.42. The van der Waals surface area contributed by atoms with E-state index in [0.717, 1.165) is 0 Å². The lowest BCUT2D eigenvalue weighted by Gasteiger charge is -2.04. The van der Waals surface area contributed by atoms with E-state index >= 15 is 0 Å². The number of hydrogen-bond acceptors (Lipinski definition) is 4. The number of carboxylic acids is 1. The first-order chi connectivity index (χ1) is 6.56. The van der Waals surface area contributed by atoms with Gasteiger partial charge in [-0.1, -0.05) is 0 Å². The van der Waals surface area contributed by atoms with Gasteiger partial charge >= 0.3 is 5.97 Å². The Kier molecular flexibility index (Phi) is 6.59. The summed E-state index contributed by atoms with van der Waals surface area (Å²) in [5, 5.41) is 11.1. The molecular weight excluding hydrogens is 206 g/mol. The van der Waals surface area contributed by atoms with Crippen molar-refractivity contribution >= 4 is 29.1 Å². The molecule has 0 fully saturated rings. The smallest absolute Gasteiger partial charge is 0.303 e. The van der Waals surface area contributed by atoms with Crippen LogP contribution >= 0.6 is 12.2 Å². The summed E-state index contributed by atoms with van der Waals surface area (Å²) in [6.45, 7) is 0.0721. The zero-order valence-electron chi connectivity index (χ0n) is 7.58. The van der Waals surface area contributed by atoms with Gasteiger partial charge in [0.1, 0.15) is 0 Å². The number of carbonyl (C=O) groups excluding carboxylic acids is 1. The number of carboxylic acid groups (broad SMARTS) is 1. The predicted octanol–water partition coefficient (Wildman–Crippen LogP) is -0.852. The van der Waals surface area contributed by atoms with Crippen LogP contribution in [0.2, 0.25) is 0 Å². The molecule has 0 aromatic heterocycles. The van der Waals surface area contributed by atoms with E-state index < -0.39 is 5.97 Å². The molecule has 0 atom stereocenters. The molecular formula is C7H13N3O3S. The lowest BCUT2D eigenvalue weighted by atomic mass is 10.2. The van der Waals surface area contributed by atoms with Crippen molar-refractivity contribution in [2.24, 2.45) is 5.84 Å². The second kappa shape index (κ2) is 7.22. The second-order valence-electron chi connectivity index (χ2n) is 2.61. The first kappa shape index (κ1) is 12.8. The third-order valence-corrected chi connectivity index (χ3v) is 1.69. The molecule has 0 aliphatic heterocycles. The SMILES string of the molecule is NNC(=S)NCC(=O)CCCC(=O)O. The van der Waals surface area contributed by atoms with Gasteiger partial charge in [0.25, 0.3) is 0 Å². The number of rotatable bonds is 6. The molecule has 0 aromatic carbocycles. The number of nitrogens with two attached hydrogens (primary N) is 1. The highest BCUT2D eigenvalue weighted by molar-refractivity contribution is 7.80. The minimum absolute atomic E-state index is 0.00528. The van der Waals surface area contributed by atoms with E-state index in [9.17, 15) is 9.59 Å². The molecule has 0 saturated heterocycles. The van der Waals surface area contributed by atoms with Gasteiger partial charge in [-0.3, -0.25) is 9.59 Å². The minimum atomic E-state index is -0.898. The van der Waals surface area contributed by atoms with Gasteiger partial charge in [0.2, 0.25) is 0 Å². The Morgan fingerprint density at radius 2 is 2.00 bits per heavy atom. The van der Waals surface area contributed by atoms with Gasteiger partial charge in [0.15, 0.2) is 10.9 Å². The first-order valence-electron chi connectivity index (χ1n) is 4.04. The van der Waals surface area contributed by atoms with Crippen LogP contribution in [0.3, 0.4) is 0 Å². The quantitative estimate of drug-likeness (QED) is 0.262. The van der Waals surface area contributed by atoms with Crippen LogP contribution in [0.5, 0.6) is 0 Å². The second-order valence-corrected chi connectivity index (χ2v) is 3.02. The van der Waals surface area contributed by atoms with Gasteiger partial charge in [-0.15, -0.1) is 0 Å². The van der Waals surface area contributed by atoms with Crippen molar-refractivity contribution in [3.8, 4) is 0 Å². The molecule has 0 saturated carbocycles. The van der Waals surface area contributed by atoms with Crippen LogP contribution in [0.25, 0.3) is 0 Å². The molecule has 80 valence electrons. The summed E-state index contributed by atoms with van der Waals surface area (Å²) in [7, 11) is 0. The molecule has 6 nitrogen and oxygen atoms in total. The Labute approximate surface area is 86.8 Å². The highest BCUT2D eigenvalue weighted by Crippen LogP contribution is 1.95. The summed E-state index contributed by atoms with van der Waals surface area (Å²) in [5.74, 6) is 3.96. The number of ketones is 1. The maximum atomic E-state index is 11.1. The summed E-state index contributed by atoms with van der Waals surface area (Å²) in [6, 6.07) is 0. The van der Waals surface area contributed by atoms with E-state index in [4.69, 9.17) is 10.9 Å². The third kappa shape index (κ3) is 7.44. The maximum Gasteiger partial charge on any atom is 0.303 e. The average molecular weight is 219 g/mol. The number of thiocarbonyl (C=S) groups is 1. The van der Waals surface area contributed by atoms with Crippen molar-refractivity contribution in [2.75, 3.05) is 6.54 Å². The first-order valence-corrected chi connectivity index (χ1v) is 4.45. The standard InChI is InChI=1S/C7H13N3O3S/c8-10-7(14)9-4-5(11)2-1-3-6(12)13/h1-4,8H2,(H,12,13)(H2,9,10,14). The molecule has 0 radical (unpaired) electrons.